The number of benzene rings is 2. The smallest absolute Gasteiger partial charge is 0.279 e. The van der Waals surface area contributed by atoms with Crippen LogP contribution in [0.15, 0.2) is 59.7 Å². The number of ether oxygens (including phenoxy) is 1. The van der Waals surface area contributed by atoms with Crippen LogP contribution in [-0.2, 0) is 18.4 Å². The second-order valence-corrected chi connectivity index (χ2v) is 11.4. The molecule has 2 aromatic heterocycles. The van der Waals surface area contributed by atoms with Crippen LogP contribution >= 0.6 is 23.2 Å². The third-order valence-electron chi connectivity index (χ3n) is 7.73. The molecule has 2 aromatic carbocycles. The molecule has 11 nitrogen and oxygen atoms in total. The number of methoxy groups -OCH3 is 1. The molecule has 4 aromatic rings. The zero-order valence-electron chi connectivity index (χ0n) is 23.4. The van der Waals surface area contributed by atoms with E-state index in [1.165, 1.54) is 19.3 Å². The molecule has 0 aliphatic carbocycles. The van der Waals surface area contributed by atoms with E-state index in [1.807, 2.05) is 18.2 Å². The number of likely N-dealkylation sites (tertiary alicyclic amines) is 1. The minimum absolute atomic E-state index is 0.0612. The zero-order valence-corrected chi connectivity index (χ0v) is 24.9. The zero-order chi connectivity index (χ0) is 30.3. The van der Waals surface area contributed by atoms with Crippen LogP contribution in [0.4, 0.5) is 5.69 Å². The van der Waals surface area contributed by atoms with Crippen molar-refractivity contribution in [3.8, 4) is 28.3 Å². The first-order valence-corrected chi connectivity index (χ1v) is 14.3. The van der Waals surface area contributed by atoms with Gasteiger partial charge in [-0.2, -0.15) is 5.10 Å². The number of nitrogens with one attached hydrogen (secondary N) is 2. The lowest BCUT2D eigenvalue weighted by Crippen LogP contribution is -2.66. The molecular weight excluding hydrogens is 593 g/mol. The van der Waals surface area contributed by atoms with Gasteiger partial charge in [-0.25, -0.2) is 9.67 Å². The Morgan fingerprint density at radius 1 is 1.07 bits per heavy atom. The fourth-order valence-corrected chi connectivity index (χ4v) is 6.19. The van der Waals surface area contributed by atoms with Gasteiger partial charge in [0.1, 0.15) is 11.3 Å². The van der Waals surface area contributed by atoms with Crippen LogP contribution in [-0.4, -0.2) is 62.2 Å². The summed E-state index contributed by atoms with van der Waals surface area (Å²) in [7, 11) is 3.01. The molecule has 43 heavy (non-hydrogen) atoms. The third-order valence-corrected chi connectivity index (χ3v) is 8.54. The van der Waals surface area contributed by atoms with Crippen molar-refractivity contribution in [2.75, 3.05) is 25.5 Å². The molecule has 1 spiro atoms. The van der Waals surface area contributed by atoms with Crippen LogP contribution in [0.25, 0.3) is 22.4 Å². The maximum Gasteiger partial charge on any atom is 0.279 e. The van der Waals surface area contributed by atoms with Crippen molar-refractivity contribution in [1.29, 1.82) is 0 Å². The van der Waals surface area contributed by atoms with Gasteiger partial charge >= 0.3 is 0 Å². The molecule has 2 N–H and O–H groups in total. The van der Waals surface area contributed by atoms with Gasteiger partial charge in [0, 0.05) is 56.0 Å². The van der Waals surface area contributed by atoms with Crippen LogP contribution < -0.4 is 20.9 Å². The van der Waals surface area contributed by atoms with Crippen molar-refractivity contribution in [2.45, 2.75) is 24.9 Å². The molecule has 2 aliphatic heterocycles. The van der Waals surface area contributed by atoms with E-state index in [4.69, 9.17) is 32.9 Å². The fourth-order valence-electron chi connectivity index (χ4n) is 5.59. The standard InChI is InChI=1S/C30H27Cl2N7O4/c1-38-29(42)20(10-12-34-38)27(41)35-21-8-4-6-18(26(21)32)17-5-3-7-19(25(17)31)22-13-33-23(28(36-22)43-2)14-39-15-30(16-39)11-9-24(40)37-30/h3-8,10,12-13H,9,11,14-16H2,1-2H3,(H,35,41)(H,37,40). The molecule has 2 amide bonds. The molecular formula is C30H27Cl2N7O4. The highest BCUT2D eigenvalue weighted by Crippen LogP contribution is 2.41. The molecule has 2 saturated heterocycles. The summed E-state index contributed by atoms with van der Waals surface area (Å²) in [4.78, 5) is 48.4. The Morgan fingerprint density at radius 2 is 1.79 bits per heavy atom. The number of nitrogens with zero attached hydrogens (tertiary/aromatic N) is 5. The molecule has 0 atom stereocenters. The number of anilines is 1. The largest absolute Gasteiger partial charge is 0.480 e. The molecule has 2 aliphatic rings. The van der Waals surface area contributed by atoms with Gasteiger partial charge in [0.15, 0.2) is 0 Å². The number of aromatic nitrogens is 4. The summed E-state index contributed by atoms with van der Waals surface area (Å²) in [5.41, 5.74) is 2.64. The Hall–Kier alpha value is -4.32. The van der Waals surface area contributed by atoms with Gasteiger partial charge in [-0.05, 0) is 18.6 Å². The molecule has 220 valence electrons. The Kier molecular flexibility index (Phi) is 7.63. The van der Waals surface area contributed by atoms with Gasteiger partial charge in [0.05, 0.1) is 40.3 Å². The summed E-state index contributed by atoms with van der Waals surface area (Å²) in [5.74, 6) is -0.110. The lowest BCUT2D eigenvalue weighted by Gasteiger charge is -2.47. The van der Waals surface area contributed by atoms with E-state index in [9.17, 15) is 14.4 Å². The fraction of sp³-hybridized carbons (Fsp3) is 0.267. The number of rotatable bonds is 7. The topological polar surface area (TPSA) is 131 Å². The highest BCUT2D eigenvalue weighted by atomic mass is 35.5. The number of carbonyl (C=O) groups is 2. The van der Waals surface area contributed by atoms with Crippen molar-refractivity contribution < 1.29 is 14.3 Å². The van der Waals surface area contributed by atoms with Crippen LogP contribution in [0, 0.1) is 0 Å². The molecule has 0 unspecified atom stereocenters. The predicted octanol–water partition coefficient (Wildman–Crippen LogP) is 3.94. The number of hydrogen-bond donors (Lipinski definition) is 2. The minimum Gasteiger partial charge on any atom is -0.480 e. The average molecular weight is 620 g/mol. The first-order chi connectivity index (χ1) is 20.7. The number of carbonyl (C=O) groups excluding carboxylic acids is 2. The SMILES string of the molecule is COc1nc(-c2cccc(-c3cccc(NC(=O)c4ccnn(C)c4=O)c3Cl)c2Cl)cnc1CN1CC2(CCC(=O)N2)C1. The summed E-state index contributed by atoms with van der Waals surface area (Å²) in [6, 6.07) is 12.0. The molecule has 13 heteroatoms. The van der Waals surface area contributed by atoms with Crippen molar-refractivity contribution in [3.05, 3.63) is 86.5 Å². The van der Waals surface area contributed by atoms with Crippen LogP contribution in [0.2, 0.25) is 10.0 Å². The van der Waals surface area contributed by atoms with E-state index >= 15 is 0 Å². The summed E-state index contributed by atoms with van der Waals surface area (Å²) >= 11 is 13.7. The van der Waals surface area contributed by atoms with Gasteiger partial charge in [0.2, 0.25) is 11.8 Å². The maximum atomic E-state index is 12.9. The number of aryl methyl sites for hydroxylation is 1. The molecule has 2 fully saturated rings. The van der Waals surface area contributed by atoms with Gasteiger partial charge in [-0.15, -0.1) is 0 Å². The third kappa shape index (κ3) is 5.47. The van der Waals surface area contributed by atoms with Gasteiger partial charge in [-0.1, -0.05) is 53.5 Å². The first-order valence-electron chi connectivity index (χ1n) is 13.5. The predicted molar refractivity (Wildman–Crippen MR) is 162 cm³/mol. The number of hydrogen-bond acceptors (Lipinski definition) is 8. The first kappa shape index (κ1) is 28.8. The monoisotopic (exact) mass is 619 g/mol. The molecule has 0 radical (unpaired) electrons. The lowest BCUT2D eigenvalue weighted by atomic mass is 9.88. The second-order valence-electron chi connectivity index (χ2n) is 10.6. The minimum atomic E-state index is -0.606. The normalized spacial score (nSPS) is 15.7. The van der Waals surface area contributed by atoms with Crippen LogP contribution in [0.5, 0.6) is 5.88 Å². The van der Waals surface area contributed by atoms with Crippen LogP contribution in [0.1, 0.15) is 28.9 Å². The van der Waals surface area contributed by atoms with Gasteiger partial charge < -0.3 is 15.4 Å². The second kappa shape index (κ2) is 11.4. The maximum absolute atomic E-state index is 12.9. The summed E-state index contributed by atoms with van der Waals surface area (Å²) in [6.07, 6.45) is 4.45. The Balaban J connectivity index is 1.25. The van der Waals surface area contributed by atoms with Crippen molar-refractivity contribution in [3.63, 3.8) is 0 Å². The summed E-state index contributed by atoms with van der Waals surface area (Å²) in [5, 5.41) is 10.3. The average Bonchev–Trinajstić information content (AvgIpc) is 3.37. The molecule has 6 rings (SSSR count). The van der Waals surface area contributed by atoms with E-state index in [0.717, 1.165) is 24.2 Å². The van der Waals surface area contributed by atoms with E-state index in [-0.39, 0.29) is 22.0 Å². The van der Waals surface area contributed by atoms with Crippen LogP contribution in [0.3, 0.4) is 0 Å². The highest BCUT2D eigenvalue weighted by Gasteiger charge is 2.47. The summed E-state index contributed by atoms with van der Waals surface area (Å²) in [6.45, 7) is 2.07. The van der Waals surface area contributed by atoms with E-state index in [0.29, 0.717) is 57.6 Å². The van der Waals surface area contributed by atoms with E-state index in [1.54, 1.807) is 31.5 Å². The van der Waals surface area contributed by atoms with Crippen molar-refractivity contribution in [2.24, 2.45) is 7.05 Å². The number of amides is 2. The van der Waals surface area contributed by atoms with Crippen molar-refractivity contribution >= 4 is 40.7 Å². The highest BCUT2D eigenvalue weighted by molar-refractivity contribution is 6.39. The quantitative estimate of drug-likeness (QED) is 0.318. The Labute approximate surface area is 256 Å². The van der Waals surface area contributed by atoms with Crippen molar-refractivity contribution in [1.82, 2.24) is 30.0 Å². The van der Waals surface area contributed by atoms with E-state index in [2.05, 4.69) is 25.6 Å². The van der Waals surface area contributed by atoms with Gasteiger partial charge in [-0.3, -0.25) is 24.3 Å². The summed E-state index contributed by atoms with van der Waals surface area (Å²) < 4.78 is 6.67. The van der Waals surface area contributed by atoms with E-state index < -0.39 is 11.5 Å². The molecule has 0 bridgehead atoms. The lowest BCUT2D eigenvalue weighted by molar-refractivity contribution is -0.120. The van der Waals surface area contributed by atoms with Gasteiger partial charge in [0.25, 0.3) is 11.5 Å². The molecule has 4 heterocycles. The Bertz CT molecular complexity index is 1820. The number of halogens is 2. The molecule has 0 saturated carbocycles. The Morgan fingerprint density at radius 3 is 2.51 bits per heavy atom.